The molecule has 0 saturated heterocycles. The maximum absolute atomic E-state index is 12.2. The van der Waals surface area contributed by atoms with Crippen molar-refractivity contribution in [2.24, 2.45) is 5.92 Å². The number of ether oxygens (including phenoxy) is 1. The van der Waals surface area contributed by atoms with Crippen molar-refractivity contribution < 1.29 is 9.53 Å². The van der Waals surface area contributed by atoms with Crippen molar-refractivity contribution in [1.29, 1.82) is 0 Å². The zero-order valence-electron chi connectivity index (χ0n) is 11.9. The van der Waals surface area contributed by atoms with Crippen molar-refractivity contribution in [1.82, 2.24) is 15.5 Å². The average Bonchev–Trinajstić information content (AvgIpc) is 2.94. The minimum atomic E-state index is -0.120. The predicted molar refractivity (Wildman–Crippen MR) is 77.7 cm³/mol. The maximum Gasteiger partial charge on any atom is 0.255 e. The number of hydrogen-bond donors (Lipinski definition) is 2. The van der Waals surface area contributed by atoms with Gasteiger partial charge in [-0.3, -0.25) is 9.89 Å². The fourth-order valence-electron chi connectivity index (χ4n) is 1.85. The van der Waals surface area contributed by atoms with Gasteiger partial charge >= 0.3 is 0 Å². The van der Waals surface area contributed by atoms with Crippen LogP contribution in [0.25, 0.3) is 11.3 Å². The first kappa shape index (κ1) is 14.1. The molecule has 2 aromatic rings. The van der Waals surface area contributed by atoms with Gasteiger partial charge in [0.1, 0.15) is 5.75 Å². The average molecular weight is 273 g/mol. The molecular weight excluding hydrogens is 254 g/mol. The summed E-state index contributed by atoms with van der Waals surface area (Å²) in [5.41, 5.74) is 2.11. The lowest BCUT2D eigenvalue weighted by atomic mass is 10.1. The van der Waals surface area contributed by atoms with Crippen LogP contribution in [0.2, 0.25) is 0 Å². The van der Waals surface area contributed by atoms with E-state index in [0.717, 1.165) is 11.3 Å². The van der Waals surface area contributed by atoms with Crippen molar-refractivity contribution in [3.63, 3.8) is 0 Å². The molecule has 1 aromatic heterocycles. The van der Waals surface area contributed by atoms with E-state index in [9.17, 15) is 4.79 Å². The van der Waals surface area contributed by atoms with Crippen LogP contribution in [0.3, 0.4) is 0 Å². The molecule has 0 radical (unpaired) electrons. The highest BCUT2D eigenvalue weighted by molar-refractivity contribution is 5.99. The molecule has 106 valence electrons. The minimum absolute atomic E-state index is 0.120. The number of H-pyrrole nitrogens is 1. The first-order chi connectivity index (χ1) is 9.61. The lowest BCUT2D eigenvalue weighted by Gasteiger charge is -2.08. The summed E-state index contributed by atoms with van der Waals surface area (Å²) in [5.74, 6) is 1.03. The third-order valence-electron chi connectivity index (χ3n) is 2.91. The van der Waals surface area contributed by atoms with Crippen LogP contribution < -0.4 is 10.1 Å². The molecule has 0 aliphatic carbocycles. The maximum atomic E-state index is 12.2. The molecule has 1 aromatic carbocycles. The van der Waals surface area contributed by atoms with E-state index in [1.807, 2.05) is 24.3 Å². The largest absolute Gasteiger partial charge is 0.497 e. The lowest BCUT2D eigenvalue weighted by Crippen LogP contribution is -2.27. The number of nitrogens with one attached hydrogen (secondary N) is 2. The van der Waals surface area contributed by atoms with Crippen LogP contribution in [0.15, 0.2) is 30.5 Å². The van der Waals surface area contributed by atoms with Gasteiger partial charge < -0.3 is 10.1 Å². The Hall–Kier alpha value is -2.30. The molecule has 0 aliphatic heterocycles. The third kappa shape index (κ3) is 3.17. The smallest absolute Gasteiger partial charge is 0.255 e. The Morgan fingerprint density at radius 3 is 2.95 bits per heavy atom. The second-order valence-corrected chi connectivity index (χ2v) is 4.99. The van der Waals surface area contributed by atoms with Crippen LogP contribution in [0, 0.1) is 5.92 Å². The normalized spacial score (nSPS) is 10.6. The fraction of sp³-hybridized carbons (Fsp3) is 0.333. The summed E-state index contributed by atoms with van der Waals surface area (Å²) < 4.78 is 5.20. The zero-order chi connectivity index (χ0) is 14.5. The van der Waals surface area contributed by atoms with E-state index in [4.69, 9.17) is 4.74 Å². The molecule has 1 amide bonds. The van der Waals surface area contributed by atoms with Gasteiger partial charge in [-0.15, -0.1) is 0 Å². The number of amides is 1. The van der Waals surface area contributed by atoms with E-state index in [2.05, 4.69) is 29.4 Å². The van der Waals surface area contributed by atoms with Crippen LogP contribution >= 0.6 is 0 Å². The van der Waals surface area contributed by atoms with E-state index < -0.39 is 0 Å². The molecule has 2 N–H and O–H groups in total. The van der Waals surface area contributed by atoms with Crippen LogP contribution in [0.1, 0.15) is 24.2 Å². The highest BCUT2D eigenvalue weighted by Crippen LogP contribution is 2.24. The van der Waals surface area contributed by atoms with Crippen LogP contribution in [-0.4, -0.2) is 29.8 Å². The zero-order valence-corrected chi connectivity index (χ0v) is 11.9. The summed E-state index contributed by atoms with van der Waals surface area (Å²) in [6.07, 6.45) is 1.55. The van der Waals surface area contributed by atoms with Gasteiger partial charge in [-0.2, -0.15) is 5.10 Å². The van der Waals surface area contributed by atoms with Gasteiger partial charge in [-0.05, 0) is 18.1 Å². The molecular formula is C15H19N3O2. The van der Waals surface area contributed by atoms with E-state index in [1.54, 1.807) is 13.3 Å². The van der Waals surface area contributed by atoms with Crippen LogP contribution in [-0.2, 0) is 0 Å². The number of hydrogen-bond acceptors (Lipinski definition) is 3. The van der Waals surface area contributed by atoms with Gasteiger partial charge in [-0.25, -0.2) is 0 Å². The summed E-state index contributed by atoms with van der Waals surface area (Å²) in [5, 5.41) is 9.74. The quantitative estimate of drug-likeness (QED) is 0.879. The summed E-state index contributed by atoms with van der Waals surface area (Å²) in [6.45, 7) is 4.75. The fourth-order valence-corrected chi connectivity index (χ4v) is 1.85. The minimum Gasteiger partial charge on any atom is -0.497 e. The second-order valence-electron chi connectivity index (χ2n) is 4.99. The number of aromatic amines is 1. The number of rotatable bonds is 5. The second kappa shape index (κ2) is 6.23. The number of aromatic nitrogens is 2. The Bertz CT molecular complexity index is 590. The molecule has 0 bridgehead atoms. The van der Waals surface area contributed by atoms with Crippen molar-refractivity contribution in [2.45, 2.75) is 13.8 Å². The first-order valence-corrected chi connectivity index (χ1v) is 6.57. The summed E-state index contributed by atoms with van der Waals surface area (Å²) >= 11 is 0. The Morgan fingerprint density at radius 2 is 2.25 bits per heavy atom. The lowest BCUT2D eigenvalue weighted by molar-refractivity contribution is 0.0949. The van der Waals surface area contributed by atoms with Crippen molar-refractivity contribution in [3.05, 3.63) is 36.0 Å². The van der Waals surface area contributed by atoms with Crippen LogP contribution in [0.4, 0.5) is 0 Å². The molecule has 0 unspecified atom stereocenters. The molecule has 20 heavy (non-hydrogen) atoms. The number of carbonyl (C=O) groups excluding carboxylic acids is 1. The molecule has 0 aliphatic rings. The molecule has 1 heterocycles. The Balaban J connectivity index is 2.25. The van der Waals surface area contributed by atoms with Gasteiger partial charge in [0.05, 0.1) is 24.6 Å². The summed E-state index contributed by atoms with van der Waals surface area (Å²) in [7, 11) is 1.61. The molecule has 2 rings (SSSR count). The first-order valence-electron chi connectivity index (χ1n) is 6.57. The molecule has 0 spiro atoms. The van der Waals surface area contributed by atoms with E-state index in [-0.39, 0.29) is 5.91 Å². The number of nitrogens with zero attached hydrogens (tertiary/aromatic N) is 1. The highest BCUT2D eigenvalue weighted by Gasteiger charge is 2.15. The number of carbonyl (C=O) groups is 1. The Kier molecular flexibility index (Phi) is 4.40. The van der Waals surface area contributed by atoms with Gasteiger partial charge in [0.25, 0.3) is 5.91 Å². The van der Waals surface area contributed by atoms with Crippen molar-refractivity contribution >= 4 is 5.91 Å². The predicted octanol–water partition coefficient (Wildman–Crippen LogP) is 2.47. The molecule has 0 saturated carbocycles. The number of benzene rings is 1. The van der Waals surface area contributed by atoms with Gasteiger partial charge in [0.2, 0.25) is 0 Å². The monoisotopic (exact) mass is 273 g/mol. The number of methoxy groups -OCH3 is 1. The highest BCUT2D eigenvalue weighted by atomic mass is 16.5. The molecule has 5 nitrogen and oxygen atoms in total. The van der Waals surface area contributed by atoms with E-state index in [1.165, 1.54) is 0 Å². The topological polar surface area (TPSA) is 67.0 Å². The SMILES string of the molecule is COc1cccc(-c2[nH]ncc2C(=O)NCC(C)C)c1. The molecule has 0 fully saturated rings. The van der Waals surface area contributed by atoms with Crippen LogP contribution in [0.5, 0.6) is 5.75 Å². The third-order valence-corrected chi connectivity index (χ3v) is 2.91. The Labute approximate surface area is 118 Å². The Morgan fingerprint density at radius 1 is 1.45 bits per heavy atom. The van der Waals surface area contributed by atoms with Crippen molar-refractivity contribution in [2.75, 3.05) is 13.7 Å². The van der Waals surface area contributed by atoms with Gasteiger partial charge in [0, 0.05) is 12.1 Å². The van der Waals surface area contributed by atoms with E-state index in [0.29, 0.717) is 23.7 Å². The van der Waals surface area contributed by atoms with Gasteiger partial charge in [-0.1, -0.05) is 26.0 Å². The molecule has 0 atom stereocenters. The summed E-state index contributed by atoms with van der Waals surface area (Å²) in [6, 6.07) is 7.52. The summed E-state index contributed by atoms with van der Waals surface area (Å²) in [4.78, 5) is 12.2. The van der Waals surface area contributed by atoms with Crippen molar-refractivity contribution in [3.8, 4) is 17.0 Å². The van der Waals surface area contributed by atoms with Gasteiger partial charge in [0.15, 0.2) is 0 Å². The molecule has 5 heteroatoms. The standard InChI is InChI=1S/C15H19N3O2/c1-10(2)8-16-15(19)13-9-17-18-14(13)11-5-4-6-12(7-11)20-3/h4-7,9-10H,8H2,1-3H3,(H,16,19)(H,17,18). The van der Waals surface area contributed by atoms with E-state index >= 15 is 0 Å².